The molecule has 1 unspecified atom stereocenters. The lowest BCUT2D eigenvalue weighted by Crippen LogP contribution is -2.31. The topological polar surface area (TPSA) is 0 Å². The van der Waals surface area contributed by atoms with E-state index in [1.54, 1.807) is 5.57 Å². The average molecular weight is 246 g/mol. The van der Waals surface area contributed by atoms with Gasteiger partial charge >= 0.3 is 0 Å². The second kappa shape index (κ2) is 3.60. The van der Waals surface area contributed by atoms with Gasteiger partial charge in [0, 0.05) is 0 Å². The summed E-state index contributed by atoms with van der Waals surface area (Å²) in [6.07, 6.45) is 3.60. The molecule has 0 spiro atoms. The summed E-state index contributed by atoms with van der Waals surface area (Å²) in [5.74, 6) is 0.625. The lowest BCUT2D eigenvalue weighted by atomic mass is 9.65. The second-order valence-electron chi connectivity index (χ2n) is 6.32. The van der Waals surface area contributed by atoms with Crippen LogP contribution >= 0.6 is 0 Å². The molecule has 0 fully saturated rings. The minimum Gasteiger partial charge on any atom is -0.0620 e. The van der Waals surface area contributed by atoms with Gasteiger partial charge in [0.05, 0.1) is 0 Å². The smallest absolute Gasteiger partial charge is 0.00230 e. The van der Waals surface area contributed by atoms with Crippen LogP contribution in [0.4, 0.5) is 0 Å². The van der Waals surface area contributed by atoms with Gasteiger partial charge in [-0.25, -0.2) is 0 Å². The number of benzene rings is 2. The van der Waals surface area contributed by atoms with Crippen molar-refractivity contribution in [1.82, 2.24) is 0 Å². The van der Waals surface area contributed by atoms with Crippen LogP contribution in [0.1, 0.15) is 36.1 Å². The van der Waals surface area contributed by atoms with E-state index >= 15 is 0 Å². The van der Waals surface area contributed by atoms with E-state index in [1.165, 1.54) is 28.7 Å². The molecule has 2 aromatic carbocycles. The van der Waals surface area contributed by atoms with E-state index in [0.717, 1.165) is 0 Å². The van der Waals surface area contributed by atoms with Gasteiger partial charge in [0.25, 0.3) is 0 Å². The second-order valence-corrected chi connectivity index (χ2v) is 6.32. The third kappa shape index (κ3) is 1.40. The van der Waals surface area contributed by atoms with E-state index in [-0.39, 0.29) is 5.41 Å². The van der Waals surface area contributed by atoms with Crippen LogP contribution in [0.3, 0.4) is 0 Å². The van der Waals surface area contributed by atoms with Gasteiger partial charge in [0.15, 0.2) is 0 Å². The van der Waals surface area contributed by atoms with E-state index in [1.807, 2.05) is 0 Å². The Kier molecular flexibility index (Phi) is 2.09. The summed E-state index contributed by atoms with van der Waals surface area (Å²) in [4.78, 5) is 0. The fraction of sp³-hybridized carbons (Fsp3) is 0.263. The van der Waals surface area contributed by atoms with Crippen molar-refractivity contribution in [2.45, 2.75) is 25.7 Å². The predicted molar refractivity (Wildman–Crippen MR) is 81.0 cm³/mol. The summed E-state index contributed by atoms with van der Waals surface area (Å²) in [7, 11) is 0. The number of hydrogen-bond donors (Lipinski definition) is 0. The fourth-order valence-corrected chi connectivity index (χ4v) is 3.88. The molecule has 2 aliphatic carbocycles. The van der Waals surface area contributed by atoms with Gasteiger partial charge < -0.3 is 0 Å². The molecule has 1 atom stereocenters. The molecule has 0 aromatic heterocycles. The highest BCUT2D eigenvalue weighted by Gasteiger charge is 2.42. The van der Waals surface area contributed by atoms with Gasteiger partial charge in [-0.3, -0.25) is 0 Å². The average Bonchev–Trinajstić information content (AvgIpc) is 2.79. The van der Waals surface area contributed by atoms with Crippen molar-refractivity contribution in [2.75, 3.05) is 0 Å². The molecule has 0 heterocycles. The van der Waals surface area contributed by atoms with Gasteiger partial charge in [-0.1, -0.05) is 68.5 Å². The van der Waals surface area contributed by atoms with Crippen molar-refractivity contribution in [1.29, 1.82) is 0 Å². The van der Waals surface area contributed by atoms with Crippen LogP contribution in [-0.4, -0.2) is 0 Å². The van der Waals surface area contributed by atoms with Crippen LogP contribution < -0.4 is 0 Å². The highest BCUT2D eigenvalue weighted by Crippen LogP contribution is 2.52. The zero-order chi connectivity index (χ0) is 13.0. The molecule has 94 valence electrons. The molecule has 0 nitrogen and oxygen atoms in total. The van der Waals surface area contributed by atoms with Crippen LogP contribution in [0.5, 0.6) is 0 Å². The molecule has 19 heavy (non-hydrogen) atoms. The summed E-state index contributed by atoms with van der Waals surface area (Å²) in [5, 5.41) is 0. The van der Waals surface area contributed by atoms with Crippen molar-refractivity contribution >= 4 is 11.6 Å². The Hall–Kier alpha value is -1.82. The van der Waals surface area contributed by atoms with Crippen LogP contribution in [0.25, 0.3) is 11.6 Å². The third-order valence-corrected chi connectivity index (χ3v) is 4.96. The Balaban J connectivity index is 1.99. The summed E-state index contributed by atoms with van der Waals surface area (Å²) >= 11 is 0. The van der Waals surface area contributed by atoms with E-state index in [4.69, 9.17) is 0 Å². The first-order valence-corrected chi connectivity index (χ1v) is 7.07. The van der Waals surface area contributed by atoms with Crippen molar-refractivity contribution in [3.05, 3.63) is 70.8 Å². The third-order valence-electron chi connectivity index (χ3n) is 4.96. The molecule has 0 aliphatic heterocycles. The maximum absolute atomic E-state index is 2.41. The SMILES string of the molecule is CC1(C)c2ccccc2C=C2c3ccccc3CC21. The largest absolute Gasteiger partial charge is 0.0620 e. The summed E-state index contributed by atoms with van der Waals surface area (Å²) in [6.45, 7) is 4.80. The van der Waals surface area contributed by atoms with Gasteiger partial charge in [0.1, 0.15) is 0 Å². The van der Waals surface area contributed by atoms with Gasteiger partial charge in [0.2, 0.25) is 0 Å². The molecular weight excluding hydrogens is 228 g/mol. The maximum Gasteiger partial charge on any atom is -0.00230 e. The monoisotopic (exact) mass is 246 g/mol. The zero-order valence-electron chi connectivity index (χ0n) is 11.5. The summed E-state index contributed by atoms with van der Waals surface area (Å²) in [5.41, 5.74) is 7.64. The fourth-order valence-electron chi connectivity index (χ4n) is 3.88. The highest BCUT2D eigenvalue weighted by atomic mass is 14.5. The molecule has 2 aromatic rings. The summed E-state index contributed by atoms with van der Waals surface area (Å²) in [6, 6.07) is 17.8. The van der Waals surface area contributed by atoms with Crippen molar-refractivity contribution in [3.8, 4) is 0 Å². The quantitative estimate of drug-likeness (QED) is 0.632. The van der Waals surface area contributed by atoms with Gasteiger partial charge in [-0.15, -0.1) is 0 Å². The first kappa shape index (κ1) is 11.0. The van der Waals surface area contributed by atoms with Gasteiger partial charge in [-0.05, 0) is 45.6 Å². The Morgan fingerprint density at radius 1 is 0.947 bits per heavy atom. The first-order valence-electron chi connectivity index (χ1n) is 7.07. The molecule has 0 saturated heterocycles. The van der Waals surface area contributed by atoms with Crippen molar-refractivity contribution in [2.24, 2.45) is 5.92 Å². The van der Waals surface area contributed by atoms with Crippen LogP contribution in [0.15, 0.2) is 48.5 Å². The Morgan fingerprint density at radius 3 is 2.58 bits per heavy atom. The maximum atomic E-state index is 2.41. The van der Waals surface area contributed by atoms with E-state index in [0.29, 0.717) is 5.92 Å². The van der Waals surface area contributed by atoms with Crippen molar-refractivity contribution in [3.63, 3.8) is 0 Å². The Bertz CT molecular complexity index is 689. The zero-order valence-corrected chi connectivity index (χ0v) is 11.5. The molecule has 4 rings (SSSR count). The predicted octanol–water partition coefficient (Wildman–Crippen LogP) is 4.69. The molecule has 2 aliphatic rings. The molecule has 0 amide bonds. The number of hydrogen-bond acceptors (Lipinski definition) is 0. The van der Waals surface area contributed by atoms with E-state index in [9.17, 15) is 0 Å². The van der Waals surface area contributed by atoms with Crippen LogP contribution in [-0.2, 0) is 11.8 Å². The lowest BCUT2D eigenvalue weighted by molar-refractivity contribution is 0.397. The van der Waals surface area contributed by atoms with E-state index in [2.05, 4.69) is 68.5 Å². The Labute approximate surface area is 114 Å². The first-order chi connectivity index (χ1) is 9.18. The molecule has 0 heteroatoms. The molecule has 0 saturated carbocycles. The minimum atomic E-state index is 0.222. The number of fused-ring (bicyclic) bond motifs is 4. The minimum absolute atomic E-state index is 0.222. The highest BCUT2D eigenvalue weighted by molar-refractivity contribution is 5.90. The molecule has 0 N–H and O–H groups in total. The van der Waals surface area contributed by atoms with Gasteiger partial charge in [-0.2, -0.15) is 0 Å². The van der Waals surface area contributed by atoms with Crippen molar-refractivity contribution < 1.29 is 0 Å². The lowest BCUT2D eigenvalue weighted by Gasteiger charge is -2.38. The molecule has 0 bridgehead atoms. The molecule has 0 radical (unpaired) electrons. The standard InChI is InChI=1S/C19H18/c1-19(2)17-10-6-4-8-14(17)11-16-15-9-5-3-7-13(15)12-18(16)19/h3-11,18H,12H2,1-2H3. The van der Waals surface area contributed by atoms with Crippen LogP contribution in [0.2, 0.25) is 0 Å². The normalized spacial score (nSPS) is 22.2. The van der Waals surface area contributed by atoms with E-state index < -0.39 is 0 Å². The number of allylic oxidation sites excluding steroid dienone is 1. The molecular formula is C19H18. The summed E-state index contributed by atoms with van der Waals surface area (Å²) < 4.78 is 0. The van der Waals surface area contributed by atoms with Crippen LogP contribution in [0, 0.1) is 5.92 Å². The number of rotatable bonds is 0. The Morgan fingerprint density at radius 2 is 1.68 bits per heavy atom.